The second-order valence-corrected chi connectivity index (χ2v) is 5.94. The quantitative estimate of drug-likeness (QED) is 0.638. The van der Waals surface area contributed by atoms with Crippen LogP contribution in [-0.4, -0.2) is 12.1 Å². The molecule has 0 atom stereocenters. The molecule has 0 aliphatic carbocycles. The number of halogens is 3. The molecule has 3 nitrogen and oxygen atoms in total. The Morgan fingerprint density at radius 3 is 2.70 bits per heavy atom. The molecule has 0 aliphatic heterocycles. The normalized spacial score (nSPS) is 10.4. The zero-order chi connectivity index (χ0) is 14.5. The maximum atomic E-state index is 6.04. The summed E-state index contributed by atoms with van der Waals surface area (Å²) in [4.78, 5) is 4.11. The van der Waals surface area contributed by atoms with Gasteiger partial charge in [-0.05, 0) is 28.1 Å². The number of benzene rings is 1. The molecule has 2 rings (SSSR count). The third-order valence-electron chi connectivity index (χ3n) is 2.61. The molecule has 1 heterocycles. The number of alkyl halides is 1. The third-order valence-corrected chi connectivity index (χ3v) is 3.86. The summed E-state index contributed by atoms with van der Waals surface area (Å²) in [6.07, 6.45) is 3.50. The van der Waals surface area contributed by atoms with Gasteiger partial charge < -0.3 is 9.47 Å². The van der Waals surface area contributed by atoms with Crippen LogP contribution in [0, 0.1) is 0 Å². The summed E-state index contributed by atoms with van der Waals surface area (Å²) in [5.74, 6) is 1.31. The van der Waals surface area contributed by atoms with Crippen LogP contribution in [0.15, 0.2) is 35.1 Å². The van der Waals surface area contributed by atoms with Crippen LogP contribution in [0.3, 0.4) is 0 Å². The summed E-state index contributed by atoms with van der Waals surface area (Å²) >= 11 is 12.9. The van der Waals surface area contributed by atoms with Gasteiger partial charge in [-0.2, -0.15) is 0 Å². The molecule has 0 bridgehead atoms. The molecular weight excluding hydrogens is 409 g/mol. The Balaban J connectivity index is 2.24. The predicted molar refractivity (Wildman–Crippen MR) is 86.9 cm³/mol. The van der Waals surface area contributed by atoms with E-state index < -0.39 is 0 Å². The summed E-state index contributed by atoms with van der Waals surface area (Å²) in [6.45, 7) is 0.407. The highest BCUT2D eigenvalue weighted by molar-refractivity contribution is 9.10. The summed E-state index contributed by atoms with van der Waals surface area (Å²) in [5, 5.41) is 1.25. The van der Waals surface area contributed by atoms with Crippen molar-refractivity contribution >= 4 is 43.5 Å². The molecule has 0 spiro atoms. The lowest BCUT2D eigenvalue weighted by Crippen LogP contribution is -2.01. The van der Waals surface area contributed by atoms with E-state index in [0.29, 0.717) is 28.5 Å². The molecular formula is C14H12Br2ClNO2. The van der Waals surface area contributed by atoms with Gasteiger partial charge in [-0.25, -0.2) is 0 Å². The number of hydrogen-bond donors (Lipinski definition) is 0. The SMILES string of the molecule is COc1cc(Cl)cc(CBr)c1OCc1cncc(Br)c1. The number of hydrogen-bond acceptors (Lipinski definition) is 3. The molecule has 106 valence electrons. The first kappa shape index (κ1) is 15.6. The summed E-state index contributed by atoms with van der Waals surface area (Å²) in [6, 6.07) is 5.55. The molecule has 0 saturated carbocycles. The van der Waals surface area contributed by atoms with Crippen LogP contribution < -0.4 is 9.47 Å². The predicted octanol–water partition coefficient (Wildman–Crippen LogP) is 4.98. The Labute approximate surface area is 139 Å². The summed E-state index contributed by atoms with van der Waals surface area (Å²) < 4.78 is 12.1. The lowest BCUT2D eigenvalue weighted by atomic mass is 10.2. The number of pyridine rings is 1. The molecule has 0 fully saturated rings. The van der Waals surface area contributed by atoms with Crippen molar-refractivity contribution in [2.75, 3.05) is 7.11 Å². The lowest BCUT2D eigenvalue weighted by Gasteiger charge is -2.14. The first-order valence-electron chi connectivity index (χ1n) is 5.78. The Hall–Kier alpha value is -0.780. The third kappa shape index (κ3) is 3.87. The maximum absolute atomic E-state index is 6.04. The topological polar surface area (TPSA) is 31.4 Å². The second kappa shape index (κ2) is 7.29. The van der Waals surface area contributed by atoms with E-state index >= 15 is 0 Å². The standard InChI is InChI=1S/C14H12Br2ClNO2/c1-19-13-4-12(17)3-10(5-15)14(13)20-8-9-2-11(16)7-18-6-9/h2-4,6-7H,5,8H2,1H3. The first-order chi connectivity index (χ1) is 9.63. The molecule has 1 aromatic heterocycles. The van der Waals surface area contributed by atoms with Gasteiger partial charge in [0.1, 0.15) is 6.61 Å². The van der Waals surface area contributed by atoms with E-state index in [0.717, 1.165) is 15.6 Å². The monoisotopic (exact) mass is 419 g/mol. The van der Waals surface area contributed by atoms with Crippen molar-refractivity contribution in [1.29, 1.82) is 0 Å². The van der Waals surface area contributed by atoms with Gasteiger partial charge in [0, 0.05) is 44.4 Å². The van der Waals surface area contributed by atoms with E-state index in [2.05, 4.69) is 36.8 Å². The molecule has 0 unspecified atom stereocenters. The molecule has 0 N–H and O–H groups in total. The molecule has 1 aromatic carbocycles. The Morgan fingerprint density at radius 1 is 1.25 bits per heavy atom. The van der Waals surface area contributed by atoms with E-state index in [1.54, 1.807) is 25.6 Å². The molecule has 0 saturated heterocycles. The average molecular weight is 422 g/mol. The van der Waals surface area contributed by atoms with Gasteiger partial charge in [-0.3, -0.25) is 4.98 Å². The van der Waals surface area contributed by atoms with Crippen molar-refractivity contribution in [3.05, 3.63) is 51.2 Å². The molecule has 6 heteroatoms. The first-order valence-corrected chi connectivity index (χ1v) is 8.08. The lowest BCUT2D eigenvalue weighted by molar-refractivity contribution is 0.282. The highest BCUT2D eigenvalue weighted by atomic mass is 79.9. The minimum absolute atomic E-state index is 0.407. The van der Waals surface area contributed by atoms with Gasteiger partial charge in [0.05, 0.1) is 7.11 Å². The number of rotatable bonds is 5. The fraction of sp³-hybridized carbons (Fsp3) is 0.214. The van der Waals surface area contributed by atoms with Crippen LogP contribution in [0.4, 0.5) is 0 Å². The maximum Gasteiger partial charge on any atom is 0.165 e. The number of aromatic nitrogens is 1. The fourth-order valence-corrected chi connectivity index (χ4v) is 2.79. The summed E-state index contributed by atoms with van der Waals surface area (Å²) in [5.41, 5.74) is 1.91. The minimum atomic E-state index is 0.407. The molecule has 0 aliphatic rings. The number of ether oxygens (including phenoxy) is 2. The average Bonchev–Trinajstić information content (AvgIpc) is 2.45. The second-order valence-electron chi connectivity index (χ2n) is 4.03. The van der Waals surface area contributed by atoms with Gasteiger partial charge in [0.2, 0.25) is 0 Å². The van der Waals surface area contributed by atoms with Crippen LogP contribution in [0.1, 0.15) is 11.1 Å². The molecule has 2 aromatic rings. The molecule has 0 amide bonds. The van der Waals surface area contributed by atoms with Crippen LogP contribution in [0.25, 0.3) is 0 Å². The van der Waals surface area contributed by atoms with Crippen molar-refractivity contribution < 1.29 is 9.47 Å². The Kier molecular flexibility index (Phi) is 5.69. The van der Waals surface area contributed by atoms with E-state index in [1.165, 1.54) is 0 Å². The Bertz CT molecular complexity index is 582. The van der Waals surface area contributed by atoms with E-state index in [1.807, 2.05) is 12.1 Å². The Morgan fingerprint density at radius 2 is 2.05 bits per heavy atom. The molecule has 20 heavy (non-hydrogen) atoms. The van der Waals surface area contributed by atoms with E-state index in [9.17, 15) is 0 Å². The molecule has 0 radical (unpaired) electrons. The summed E-state index contributed by atoms with van der Waals surface area (Å²) in [7, 11) is 1.59. The van der Waals surface area contributed by atoms with Gasteiger partial charge in [0.25, 0.3) is 0 Å². The van der Waals surface area contributed by atoms with Crippen molar-refractivity contribution in [2.45, 2.75) is 11.9 Å². The largest absolute Gasteiger partial charge is 0.493 e. The van der Waals surface area contributed by atoms with Crippen molar-refractivity contribution in [2.24, 2.45) is 0 Å². The van der Waals surface area contributed by atoms with Gasteiger partial charge in [0.15, 0.2) is 11.5 Å². The minimum Gasteiger partial charge on any atom is -0.493 e. The highest BCUT2D eigenvalue weighted by Crippen LogP contribution is 2.36. The van der Waals surface area contributed by atoms with Crippen LogP contribution >= 0.6 is 43.5 Å². The zero-order valence-electron chi connectivity index (χ0n) is 10.7. The van der Waals surface area contributed by atoms with Crippen molar-refractivity contribution in [3.63, 3.8) is 0 Å². The van der Waals surface area contributed by atoms with Gasteiger partial charge >= 0.3 is 0 Å². The number of methoxy groups -OCH3 is 1. The van der Waals surface area contributed by atoms with Crippen LogP contribution in [0.2, 0.25) is 5.02 Å². The number of nitrogens with zero attached hydrogens (tertiary/aromatic N) is 1. The fourth-order valence-electron chi connectivity index (χ4n) is 1.73. The van der Waals surface area contributed by atoms with Crippen LogP contribution in [-0.2, 0) is 11.9 Å². The van der Waals surface area contributed by atoms with Crippen LogP contribution in [0.5, 0.6) is 11.5 Å². The van der Waals surface area contributed by atoms with E-state index in [-0.39, 0.29) is 0 Å². The van der Waals surface area contributed by atoms with Crippen molar-refractivity contribution in [3.8, 4) is 11.5 Å². The zero-order valence-corrected chi connectivity index (χ0v) is 14.6. The van der Waals surface area contributed by atoms with Crippen molar-refractivity contribution in [1.82, 2.24) is 4.98 Å². The van der Waals surface area contributed by atoms with Gasteiger partial charge in [-0.15, -0.1) is 0 Å². The van der Waals surface area contributed by atoms with E-state index in [4.69, 9.17) is 21.1 Å². The van der Waals surface area contributed by atoms with Gasteiger partial charge in [-0.1, -0.05) is 27.5 Å². The smallest absolute Gasteiger partial charge is 0.165 e. The highest BCUT2D eigenvalue weighted by Gasteiger charge is 2.12.